The van der Waals surface area contributed by atoms with Crippen molar-refractivity contribution in [1.82, 2.24) is 4.90 Å². The van der Waals surface area contributed by atoms with E-state index in [1.165, 1.54) is 31.0 Å². The molecular weight excluding hydrogens is 344 g/mol. The number of hydrogen-bond acceptors (Lipinski definition) is 1. The SMILES string of the molecule is CC1(C(=O)N2CCCCCC2)CC1c1ccccc1-c1c(F)cccc1F. The van der Waals surface area contributed by atoms with Crippen LogP contribution in [0.2, 0.25) is 0 Å². The van der Waals surface area contributed by atoms with E-state index < -0.39 is 17.0 Å². The Morgan fingerprint density at radius 2 is 1.59 bits per heavy atom. The Morgan fingerprint density at radius 3 is 2.26 bits per heavy atom. The van der Waals surface area contributed by atoms with Crippen molar-refractivity contribution in [2.45, 2.75) is 44.9 Å². The number of benzene rings is 2. The minimum atomic E-state index is -0.566. The maximum absolute atomic E-state index is 14.4. The van der Waals surface area contributed by atoms with E-state index in [0.717, 1.165) is 37.9 Å². The fourth-order valence-electron chi connectivity index (χ4n) is 4.47. The summed E-state index contributed by atoms with van der Waals surface area (Å²) in [6.45, 7) is 3.65. The van der Waals surface area contributed by atoms with Crippen LogP contribution in [0.3, 0.4) is 0 Å². The van der Waals surface area contributed by atoms with Crippen LogP contribution in [0.15, 0.2) is 42.5 Å². The molecule has 1 heterocycles. The number of hydrogen-bond donors (Lipinski definition) is 0. The molecule has 0 bridgehead atoms. The number of halogens is 2. The molecule has 2 aromatic carbocycles. The molecular formula is C23H25F2NO. The van der Waals surface area contributed by atoms with Gasteiger partial charge in [-0.1, -0.05) is 50.1 Å². The van der Waals surface area contributed by atoms with Crippen molar-refractivity contribution in [3.8, 4) is 11.1 Å². The van der Waals surface area contributed by atoms with Crippen LogP contribution in [-0.2, 0) is 4.79 Å². The Hall–Kier alpha value is -2.23. The van der Waals surface area contributed by atoms with Gasteiger partial charge in [-0.25, -0.2) is 8.78 Å². The fourth-order valence-corrected chi connectivity index (χ4v) is 4.47. The highest BCUT2D eigenvalue weighted by atomic mass is 19.1. The normalized spacial score (nSPS) is 25.1. The summed E-state index contributed by atoms with van der Waals surface area (Å²) in [5.74, 6) is -0.936. The van der Waals surface area contributed by atoms with E-state index in [1.807, 2.05) is 24.0 Å². The summed E-state index contributed by atoms with van der Waals surface area (Å²) in [5, 5.41) is 0. The van der Waals surface area contributed by atoms with E-state index in [9.17, 15) is 13.6 Å². The van der Waals surface area contributed by atoms with E-state index in [2.05, 4.69) is 0 Å². The summed E-state index contributed by atoms with van der Waals surface area (Å²) in [6, 6.07) is 11.3. The number of carbonyl (C=O) groups is 1. The highest BCUT2D eigenvalue weighted by Gasteiger charge is 2.58. The first-order valence-electron chi connectivity index (χ1n) is 9.85. The van der Waals surface area contributed by atoms with Gasteiger partial charge in [0.2, 0.25) is 5.91 Å². The highest BCUT2D eigenvalue weighted by Crippen LogP contribution is 2.61. The van der Waals surface area contributed by atoms with Crippen molar-refractivity contribution >= 4 is 5.91 Å². The van der Waals surface area contributed by atoms with Crippen LogP contribution in [0.25, 0.3) is 11.1 Å². The van der Waals surface area contributed by atoms with Crippen molar-refractivity contribution in [2.75, 3.05) is 13.1 Å². The Bertz CT molecular complexity index is 837. The number of likely N-dealkylation sites (tertiary alicyclic amines) is 1. The molecule has 4 heteroatoms. The lowest BCUT2D eigenvalue weighted by molar-refractivity contribution is -0.136. The molecule has 1 amide bonds. The first kappa shape index (κ1) is 18.1. The summed E-state index contributed by atoms with van der Waals surface area (Å²) in [7, 11) is 0. The molecule has 0 radical (unpaired) electrons. The molecule has 142 valence electrons. The molecule has 2 aromatic rings. The second-order valence-corrected chi connectivity index (χ2v) is 8.06. The lowest BCUT2D eigenvalue weighted by Crippen LogP contribution is -2.37. The van der Waals surface area contributed by atoms with Gasteiger partial charge in [-0.2, -0.15) is 0 Å². The first-order valence-corrected chi connectivity index (χ1v) is 9.85. The maximum Gasteiger partial charge on any atom is 0.229 e. The molecule has 1 aliphatic heterocycles. The quantitative estimate of drug-likeness (QED) is 0.697. The number of carbonyl (C=O) groups excluding carboxylic acids is 1. The molecule has 2 aliphatic rings. The zero-order valence-electron chi connectivity index (χ0n) is 15.7. The van der Waals surface area contributed by atoms with Crippen LogP contribution < -0.4 is 0 Å². The second-order valence-electron chi connectivity index (χ2n) is 8.06. The van der Waals surface area contributed by atoms with Gasteiger partial charge in [0.1, 0.15) is 11.6 Å². The van der Waals surface area contributed by atoms with Crippen LogP contribution in [-0.4, -0.2) is 23.9 Å². The first-order chi connectivity index (χ1) is 13.0. The zero-order valence-corrected chi connectivity index (χ0v) is 15.7. The smallest absolute Gasteiger partial charge is 0.229 e. The maximum atomic E-state index is 14.4. The third-order valence-electron chi connectivity index (χ3n) is 6.19. The molecule has 2 nitrogen and oxygen atoms in total. The lowest BCUT2D eigenvalue weighted by Gasteiger charge is -2.25. The predicted molar refractivity (Wildman–Crippen MR) is 102 cm³/mol. The monoisotopic (exact) mass is 369 g/mol. The van der Waals surface area contributed by atoms with Crippen molar-refractivity contribution < 1.29 is 13.6 Å². The lowest BCUT2D eigenvalue weighted by atomic mass is 9.92. The molecule has 1 saturated heterocycles. The molecule has 27 heavy (non-hydrogen) atoms. The Balaban J connectivity index is 1.65. The van der Waals surface area contributed by atoms with Crippen LogP contribution in [0.5, 0.6) is 0 Å². The van der Waals surface area contributed by atoms with Crippen LogP contribution in [0.4, 0.5) is 8.78 Å². The second kappa shape index (κ2) is 7.06. The third kappa shape index (κ3) is 3.26. The third-order valence-corrected chi connectivity index (χ3v) is 6.19. The standard InChI is InChI=1S/C23H25F2NO/c1-23(22(27)26-13-6-2-3-7-14-26)15-18(23)16-9-4-5-10-17(16)21-19(24)11-8-12-20(21)25/h4-5,8-12,18H,2-3,6-7,13-15H2,1H3. The van der Waals surface area contributed by atoms with E-state index >= 15 is 0 Å². The van der Waals surface area contributed by atoms with Gasteiger partial charge >= 0.3 is 0 Å². The van der Waals surface area contributed by atoms with Gasteiger partial charge in [0.15, 0.2) is 0 Å². The Morgan fingerprint density at radius 1 is 0.963 bits per heavy atom. The van der Waals surface area contributed by atoms with Crippen molar-refractivity contribution in [2.24, 2.45) is 5.41 Å². The molecule has 0 aromatic heterocycles. The Kier molecular flexibility index (Phi) is 4.75. The highest BCUT2D eigenvalue weighted by molar-refractivity contribution is 5.88. The molecule has 2 fully saturated rings. The van der Waals surface area contributed by atoms with Crippen molar-refractivity contribution in [1.29, 1.82) is 0 Å². The molecule has 0 spiro atoms. The van der Waals surface area contributed by atoms with E-state index in [1.54, 1.807) is 12.1 Å². The summed E-state index contributed by atoms with van der Waals surface area (Å²) < 4.78 is 28.7. The summed E-state index contributed by atoms with van der Waals surface area (Å²) >= 11 is 0. The van der Waals surface area contributed by atoms with Crippen molar-refractivity contribution in [3.63, 3.8) is 0 Å². The molecule has 1 saturated carbocycles. The van der Waals surface area contributed by atoms with Gasteiger partial charge in [0.05, 0.1) is 11.0 Å². The minimum Gasteiger partial charge on any atom is -0.342 e. The fraction of sp³-hybridized carbons (Fsp3) is 0.435. The van der Waals surface area contributed by atoms with Crippen LogP contribution in [0, 0.1) is 17.0 Å². The van der Waals surface area contributed by atoms with Crippen LogP contribution >= 0.6 is 0 Å². The largest absolute Gasteiger partial charge is 0.342 e. The summed E-state index contributed by atoms with van der Waals surface area (Å²) in [6.07, 6.45) is 5.21. The van der Waals surface area contributed by atoms with E-state index in [-0.39, 0.29) is 17.4 Å². The van der Waals surface area contributed by atoms with Gasteiger partial charge in [-0.3, -0.25) is 4.79 Å². The minimum absolute atomic E-state index is 0.00320. The predicted octanol–water partition coefficient (Wildman–Crippen LogP) is 5.53. The topological polar surface area (TPSA) is 20.3 Å². The molecule has 2 unspecified atom stereocenters. The van der Waals surface area contributed by atoms with Crippen LogP contribution in [0.1, 0.15) is 50.5 Å². The number of amides is 1. The average molecular weight is 369 g/mol. The van der Waals surface area contributed by atoms with Gasteiger partial charge in [-0.15, -0.1) is 0 Å². The van der Waals surface area contributed by atoms with E-state index in [0.29, 0.717) is 5.56 Å². The molecule has 0 N–H and O–H groups in total. The zero-order chi connectivity index (χ0) is 19.0. The van der Waals surface area contributed by atoms with Gasteiger partial charge < -0.3 is 4.90 Å². The number of nitrogens with zero attached hydrogens (tertiary/aromatic N) is 1. The van der Waals surface area contributed by atoms with Gasteiger partial charge in [0.25, 0.3) is 0 Å². The Labute approximate surface area is 159 Å². The van der Waals surface area contributed by atoms with Gasteiger partial charge in [0, 0.05) is 13.1 Å². The average Bonchev–Trinajstić information content (AvgIpc) is 3.41. The van der Waals surface area contributed by atoms with E-state index in [4.69, 9.17) is 0 Å². The van der Waals surface area contributed by atoms with Gasteiger partial charge in [-0.05, 0) is 48.4 Å². The summed E-state index contributed by atoms with van der Waals surface area (Å²) in [4.78, 5) is 15.2. The number of rotatable bonds is 3. The summed E-state index contributed by atoms with van der Waals surface area (Å²) in [5.41, 5.74) is 0.963. The molecule has 1 aliphatic carbocycles. The van der Waals surface area contributed by atoms with Crippen molar-refractivity contribution in [3.05, 3.63) is 59.7 Å². The molecule has 2 atom stereocenters. The molecule has 4 rings (SSSR count).